The molecule has 1 saturated heterocycles. The summed E-state index contributed by atoms with van der Waals surface area (Å²) in [6, 6.07) is 0.586. The fourth-order valence-electron chi connectivity index (χ4n) is 3.09. The summed E-state index contributed by atoms with van der Waals surface area (Å²) >= 11 is 0. The standard InChI is InChI=1S/C12H22N2O/c1-13-8-6-12(15)14-9-7-10-4-2-3-5-11(10)14/h10-11,13H,2-9H2,1H3. The average molecular weight is 210 g/mol. The molecule has 86 valence electrons. The van der Waals surface area contributed by atoms with Crippen LogP contribution in [0.4, 0.5) is 0 Å². The molecule has 0 aromatic heterocycles. The Balaban J connectivity index is 1.89. The van der Waals surface area contributed by atoms with Crippen LogP contribution >= 0.6 is 0 Å². The van der Waals surface area contributed by atoms with Gasteiger partial charge in [0.1, 0.15) is 0 Å². The lowest BCUT2D eigenvalue weighted by atomic mass is 9.85. The van der Waals surface area contributed by atoms with Crippen molar-refractivity contribution in [2.45, 2.75) is 44.6 Å². The molecule has 15 heavy (non-hydrogen) atoms. The molecular formula is C12H22N2O. The Morgan fingerprint density at radius 3 is 2.93 bits per heavy atom. The number of carbonyl (C=O) groups excluding carboxylic acids is 1. The molecule has 0 bridgehead atoms. The van der Waals surface area contributed by atoms with E-state index in [1.165, 1.54) is 32.1 Å². The van der Waals surface area contributed by atoms with Crippen LogP contribution in [0.15, 0.2) is 0 Å². The Labute approximate surface area is 92.2 Å². The fourth-order valence-corrected chi connectivity index (χ4v) is 3.09. The monoisotopic (exact) mass is 210 g/mol. The first-order chi connectivity index (χ1) is 7.33. The molecule has 1 aliphatic carbocycles. The van der Waals surface area contributed by atoms with E-state index in [1.807, 2.05) is 7.05 Å². The average Bonchev–Trinajstić information content (AvgIpc) is 2.69. The third-order valence-corrected chi connectivity index (χ3v) is 3.92. The highest BCUT2D eigenvalue weighted by Gasteiger charge is 2.37. The minimum Gasteiger partial charge on any atom is -0.339 e. The molecule has 2 aliphatic rings. The van der Waals surface area contributed by atoms with Crippen molar-refractivity contribution < 1.29 is 4.79 Å². The van der Waals surface area contributed by atoms with Crippen LogP contribution in [0.25, 0.3) is 0 Å². The lowest BCUT2D eigenvalue weighted by Gasteiger charge is -2.31. The van der Waals surface area contributed by atoms with Gasteiger partial charge < -0.3 is 10.2 Å². The van der Waals surface area contributed by atoms with Gasteiger partial charge in [-0.15, -0.1) is 0 Å². The summed E-state index contributed by atoms with van der Waals surface area (Å²) in [7, 11) is 1.90. The van der Waals surface area contributed by atoms with Gasteiger partial charge in [0.2, 0.25) is 5.91 Å². The second-order valence-electron chi connectivity index (χ2n) is 4.84. The van der Waals surface area contributed by atoms with Crippen LogP contribution in [0.5, 0.6) is 0 Å². The van der Waals surface area contributed by atoms with Gasteiger partial charge in [-0.25, -0.2) is 0 Å². The van der Waals surface area contributed by atoms with Crippen molar-refractivity contribution in [2.24, 2.45) is 5.92 Å². The third kappa shape index (κ3) is 2.33. The van der Waals surface area contributed by atoms with Crippen LogP contribution < -0.4 is 5.32 Å². The molecule has 3 nitrogen and oxygen atoms in total. The minimum absolute atomic E-state index is 0.360. The van der Waals surface area contributed by atoms with E-state index in [0.717, 1.165) is 19.0 Å². The maximum atomic E-state index is 11.9. The lowest BCUT2D eigenvalue weighted by molar-refractivity contribution is -0.132. The summed E-state index contributed by atoms with van der Waals surface area (Å²) in [5, 5.41) is 3.05. The Morgan fingerprint density at radius 1 is 1.33 bits per heavy atom. The van der Waals surface area contributed by atoms with Crippen molar-refractivity contribution in [3.8, 4) is 0 Å². The number of hydrogen-bond donors (Lipinski definition) is 1. The van der Waals surface area contributed by atoms with E-state index in [9.17, 15) is 4.79 Å². The Hall–Kier alpha value is -0.570. The van der Waals surface area contributed by atoms with Gasteiger partial charge in [-0.2, -0.15) is 0 Å². The second kappa shape index (κ2) is 4.97. The van der Waals surface area contributed by atoms with Crippen LogP contribution in [0.2, 0.25) is 0 Å². The first kappa shape index (κ1) is 10.9. The molecule has 1 saturated carbocycles. The highest BCUT2D eigenvalue weighted by atomic mass is 16.2. The van der Waals surface area contributed by atoms with Crippen LogP contribution in [-0.4, -0.2) is 37.0 Å². The normalized spacial score (nSPS) is 30.3. The van der Waals surface area contributed by atoms with Crippen LogP contribution in [0.3, 0.4) is 0 Å². The first-order valence-electron chi connectivity index (χ1n) is 6.27. The van der Waals surface area contributed by atoms with Crippen molar-refractivity contribution in [1.29, 1.82) is 0 Å². The molecule has 3 heteroatoms. The molecule has 2 rings (SSSR count). The molecule has 1 heterocycles. The number of amides is 1. The smallest absolute Gasteiger partial charge is 0.224 e. The molecule has 0 spiro atoms. The second-order valence-corrected chi connectivity index (χ2v) is 4.84. The van der Waals surface area contributed by atoms with Crippen molar-refractivity contribution in [3.05, 3.63) is 0 Å². The largest absolute Gasteiger partial charge is 0.339 e. The van der Waals surface area contributed by atoms with Gasteiger partial charge in [-0.3, -0.25) is 4.79 Å². The highest BCUT2D eigenvalue weighted by Crippen LogP contribution is 2.36. The molecule has 2 atom stereocenters. The van der Waals surface area contributed by atoms with Gasteiger partial charge in [-0.1, -0.05) is 12.8 Å². The number of likely N-dealkylation sites (tertiary alicyclic amines) is 1. The van der Waals surface area contributed by atoms with Crippen molar-refractivity contribution in [1.82, 2.24) is 10.2 Å². The Kier molecular flexibility index (Phi) is 3.62. The zero-order valence-corrected chi connectivity index (χ0v) is 9.67. The molecule has 1 N–H and O–H groups in total. The molecule has 2 fully saturated rings. The Bertz CT molecular complexity index is 230. The quantitative estimate of drug-likeness (QED) is 0.763. The number of hydrogen-bond acceptors (Lipinski definition) is 2. The SMILES string of the molecule is CNCCC(=O)N1CCC2CCCCC21. The summed E-state index contributed by atoms with van der Waals surface area (Å²) < 4.78 is 0. The summed E-state index contributed by atoms with van der Waals surface area (Å²) in [5.41, 5.74) is 0. The van der Waals surface area contributed by atoms with Gasteiger partial charge in [0.05, 0.1) is 0 Å². The summed E-state index contributed by atoms with van der Waals surface area (Å²) in [6.07, 6.45) is 7.20. The van der Waals surface area contributed by atoms with Gasteiger partial charge in [0.25, 0.3) is 0 Å². The predicted octanol–water partition coefficient (Wildman–Crippen LogP) is 1.39. The maximum absolute atomic E-state index is 11.9. The van der Waals surface area contributed by atoms with E-state index in [0.29, 0.717) is 18.4 Å². The van der Waals surface area contributed by atoms with Crippen molar-refractivity contribution in [3.63, 3.8) is 0 Å². The van der Waals surface area contributed by atoms with Crippen LogP contribution in [0.1, 0.15) is 38.5 Å². The highest BCUT2D eigenvalue weighted by molar-refractivity contribution is 5.77. The molecule has 0 aromatic rings. The van der Waals surface area contributed by atoms with Crippen LogP contribution in [-0.2, 0) is 4.79 Å². The Morgan fingerprint density at radius 2 is 2.13 bits per heavy atom. The summed E-state index contributed by atoms with van der Waals surface area (Å²) in [5.74, 6) is 1.18. The third-order valence-electron chi connectivity index (χ3n) is 3.92. The molecular weight excluding hydrogens is 188 g/mol. The van der Waals surface area contributed by atoms with E-state index >= 15 is 0 Å². The van der Waals surface area contributed by atoms with Crippen molar-refractivity contribution >= 4 is 5.91 Å². The van der Waals surface area contributed by atoms with Gasteiger partial charge in [-0.05, 0) is 32.2 Å². The predicted molar refractivity (Wildman–Crippen MR) is 60.6 cm³/mol. The van der Waals surface area contributed by atoms with E-state index < -0.39 is 0 Å². The van der Waals surface area contributed by atoms with Gasteiger partial charge >= 0.3 is 0 Å². The minimum atomic E-state index is 0.360. The molecule has 1 aliphatic heterocycles. The molecule has 0 aromatic carbocycles. The van der Waals surface area contributed by atoms with E-state index in [-0.39, 0.29) is 0 Å². The van der Waals surface area contributed by atoms with E-state index in [4.69, 9.17) is 0 Å². The number of fused-ring (bicyclic) bond motifs is 1. The van der Waals surface area contributed by atoms with Gasteiger partial charge in [0.15, 0.2) is 0 Å². The maximum Gasteiger partial charge on any atom is 0.224 e. The molecule has 0 radical (unpaired) electrons. The van der Waals surface area contributed by atoms with E-state index in [2.05, 4.69) is 10.2 Å². The van der Waals surface area contributed by atoms with Gasteiger partial charge in [0, 0.05) is 25.6 Å². The number of nitrogens with one attached hydrogen (secondary N) is 1. The lowest BCUT2D eigenvalue weighted by Crippen LogP contribution is -2.40. The first-order valence-corrected chi connectivity index (χ1v) is 6.27. The number of nitrogens with zero attached hydrogens (tertiary/aromatic N) is 1. The summed E-state index contributed by atoms with van der Waals surface area (Å²) in [6.45, 7) is 1.82. The molecule has 1 amide bonds. The van der Waals surface area contributed by atoms with Crippen LogP contribution in [0, 0.1) is 5.92 Å². The van der Waals surface area contributed by atoms with Crippen molar-refractivity contribution in [2.75, 3.05) is 20.1 Å². The number of rotatable bonds is 3. The fraction of sp³-hybridized carbons (Fsp3) is 0.917. The zero-order valence-electron chi connectivity index (χ0n) is 9.67. The van der Waals surface area contributed by atoms with E-state index in [1.54, 1.807) is 0 Å². The topological polar surface area (TPSA) is 32.3 Å². The number of carbonyl (C=O) groups is 1. The molecule has 2 unspecified atom stereocenters. The summed E-state index contributed by atoms with van der Waals surface area (Å²) in [4.78, 5) is 14.1. The zero-order chi connectivity index (χ0) is 10.7.